The summed E-state index contributed by atoms with van der Waals surface area (Å²) in [6, 6.07) is 7.81. The lowest BCUT2D eigenvalue weighted by Gasteiger charge is -2.09. The zero-order valence-electron chi connectivity index (χ0n) is 12.5. The Hall–Kier alpha value is -3.03. The van der Waals surface area contributed by atoms with Gasteiger partial charge in [-0.15, -0.1) is 0 Å². The van der Waals surface area contributed by atoms with Crippen LogP contribution in [0, 0.1) is 17.5 Å². The molecule has 0 atom stereocenters. The van der Waals surface area contributed by atoms with Gasteiger partial charge in [-0.2, -0.15) is 0 Å². The zero-order valence-corrected chi connectivity index (χ0v) is 12.5. The van der Waals surface area contributed by atoms with Crippen LogP contribution in [-0.2, 0) is 4.79 Å². The van der Waals surface area contributed by atoms with Gasteiger partial charge in [0, 0.05) is 5.56 Å². The Morgan fingerprint density at radius 3 is 2.54 bits per heavy atom. The van der Waals surface area contributed by atoms with Crippen molar-refractivity contribution in [2.24, 2.45) is 0 Å². The van der Waals surface area contributed by atoms with Crippen LogP contribution in [0.25, 0.3) is 0 Å². The average Bonchev–Trinajstić information content (AvgIpc) is 2.60. The second-order valence-corrected chi connectivity index (χ2v) is 4.69. The van der Waals surface area contributed by atoms with Crippen LogP contribution in [-0.4, -0.2) is 25.5 Å². The van der Waals surface area contributed by atoms with Gasteiger partial charge < -0.3 is 15.4 Å². The number of hydrogen-bond acceptors (Lipinski definition) is 3. The van der Waals surface area contributed by atoms with E-state index in [2.05, 4.69) is 5.32 Å². The van der Waals surface area contributed by atoms with Gasteiger partial charge >= 0.3 is 0 Å². The predicted octanol–water partition coefficient (Wildman–Crippen LogP) is 2.48. The molecule has 0 saturated heterocycles. The summed E-state index contributed by atoms with van der Waals surface area (Å²) in [5, 5.41) is 4.37. The SMILES string of the molecule is COc1cccc(C(=O)NCC(=O)Nc2ccc(F)c(F)c2F)c1. The summed E-state index contributed by atoms with van der Waals surface area (Å²) in [4.78, 5) is 23.6. The molecule has 0 unspecified atom stereocenters. The van der Waals surface area contributed by atoms with E-state index >= 15 is 0 Å². The van der Waals surface area contributed by atoms with Crippen LogP contribution in [0.5, 0.6) is 5.75 Å². The van der Waals surface area contributed by atoms with Crippen LogP contribution < -0.4 is 15.4 Å². The van der Waals surface area contributed by atoms with Gasteiger partial charge in [0.05, 0.1) is 19.3 Å². The van der Waals surface area contributed by atoms with E-state index in [0.29, 0.717) is 11.8 Å². The van der Waals surface area contributed by atoms with Crippen LogP contribution in [0.15, 0.2) is 36.4 Å². The molecule has 0 aliphatic carbocycles. The fourth-order valence-corrected chi connectivity index (χ4v) is 1.84. The molecule has 2 N–H and O–H groups in total. The number of benzene rings is 2. The molecule has 2 aromatic carbocycles. The highest BCUT2D eigenvalue weighted by Gasteiger charge is 2.15. The van der Waals surface area contributed by atoms with Crippen molar-refractivity contribution >= 4 is 17.5 Å². The number of hydrogen-bond donors (Lipinski definition) is 2. The summed E-state index contributed by atoms with van der Waals surface area (Å²) in [5.41, 5.74) is -0.254. The van der Waals surface area contributed by atoms with Crippen molar-refractivity contribution in [2.75, 3.05) is 19.0 Å². The van der Waals surface area contributed by atoms with Crippen LogP contribution in [0.3, 0.4) is 0 Å². The molecule has 2 amide bonds. The maximum Gasteiger partial charge on any atom is 0.251 e. The fourth-order valence-electron chi connectivity index (χ4n) is 1.84. The van der Waals surface area contributed by atoms with Crippen LogP contribution >= 0.6 is 0 Å². The van der Waals surface area contributed by atoms with Crippen molar-refractivity contribution in [1.82, 2.24) is 5.32 Å². The first-order chi connectivity index (χ1) is 11.4. The molecule has 2 rings (SSSR count). The number of halogens is 3. The maximum atomic E-state index is 13.4. The van der Waals surface area contributed by atoms with E-state index < -0.39 is 41.5 Å². The minimum Gasteiger partial charge on any atom is -0.497 e. The molecule has 0 fully saturated rings. The lowest BCUT2D eigenvalue weighted by Crippen LogP contribution is -2.33. The summed E-state index contributed by atoms with van der Waals surface area (Å²) >= 11 is 0. The first kappa shape index (κ1) is 17.3. The number of amides is 2. The van der Waals surface area contributed by atoms with Crippen molar-refractivity contribution in [3.63, 3.8) is 0 Å². The number of nitrogens with one attached hydrogen (secondary N) is 2. The van der Waals surface area contributed by atoms with E-state index in [9.17, 15) is 22.8 Å². The molecular weight excluding hydrogens is 325 g/mol. The summed E-state index contributed by atoms with van der Waals surface area (Å²) in [6.07, 6.45) is 0. The van der Waals surface area contributed by atoms with Crippen molar-refractivity contribution in [2.45, 2.75) is 0 Å². The number of methoxy groups -OCH3 is 1. The lowest BCUT2D eigenvalue weighted by atomic mass is 10.2. The minimum atomic E-state index is -1.69. The third-order valence-electron chi connectivity index (χ3n) is 3.05. The molecule has 5 nitrogen and oxygen atoms in total. The van der Waals surface area contributed by atoms with Crippen LogP contribution in [0.4, 0.5) is 18.9 Å². The largest absolute Gasteiger partial charge is 0.497 e. The van der Waals surface area contributed by atoms with E-state index in [1.54, 1.807) is 12.1 Å². The minimum absolute atomic E-state index is 0.265. The Bertz CT molecular complexity index is 781. The van der Waals surface area contributed by atoms with Gasteiger partial charge in [0.2, 0.25) is 5.91 Å². The Morgan fingerprint density at radius 1 is 1.08 bits per heavy atom. The summed E-state index contributed by atoms with van der Waals surface area (Å²) in [5.74, 6) is -5.44. The number of carbonyl (C=O) groups is 2. The Labute approximate surface area is 135 Å². The van der Waals surface area contributed by atoms with Crippen molar-refractivity contribution in [3.05, 3.63) is 59.4 Å². The predicted molar refractivity (Wildman–Crippen MR) is 80.3 cm³/mol. The van der Waals surface area contributed by atoms with Crippen molar-refractivity contribution < 1.29 is 27.5 Å². The maximum absolute atomic E-state index is 13.4. The number of rotatable bonds is 5. The monoisotopic (exact) mass is 338 g/mol. The van der Waals surface area contributed by atoms with Gasteiger partial charge in [-0.25, -0.2) is 13.2 Å². The van der Waals surface area contributed by atoms with Gasteiger partial charge in [0.15, 0.2) is 17.5 Å². The van der Waals surface area contributed by atoms with Crippen molar-refractivity contribution in [1.29, 1.82) is 0 Å². The molecule has 126 valence electrons. The molecular formula is C16H13F3N2O3. The van der Waals surface area contributed by atoms with Crippen LogP contribution in [0.2, 0.25) is 0 Å². The molecule has 0 aliphatic heterocycles. The van der Waals surface area contributed by atoms with Gasteiger partial charge in [0.1, 0.15) is 5.75 Å². The first-order valence-electron chi connectivity index (χ1n) is 6.78. The van der Waals surface area contributed by atoms with Crippen LogP contribution in [0.1, 0.15) is 10.4 Å². The molecule has 0 aromatic heterocycles. The van der Waals surface area contributed by atoms with E-state index in [1.807, 2.05) is 5.32 Å². The molecule has 0 heterocycles. The second kappa shape index (κ2) is 7.49. The highest BCUT2D eigenvalue weighted by atomic mass is 19.2. The fraction of sp³-hybridized carbons (Fsp3) is 0.125. The summed E-state index contributed by atoms with van der Waals surface area (Å²) < 4.78 is 44.3. The van der Waals surface area contributed by atoms with E-state index in [1.165, 1.54) is 19.2 Å². The molecule has 0 aliphatic rings. The van der Waals surface area contributed by atoms with E-state index in [4.69, 9.17) is 4.74 Å². The van der Waals surface area contributed by atoms with Gasteiger partial charge in [-0.3, -0.25) is 9.59 Å². The number of anilines is 1. The Morgan fingerprint density at radius 2 is 1.83 bits per heavy atom. The third-order valence-corrected chi connectivity index (χ3v) is 3.05. The highest BCUT2D eigenvalue weighted by Crippen LogP contribution is 2.19. The average molecular weight is 338 g/mol. The first-order valence-corrected chi connectivity index (χ1v) is 6.78. The molecule has 0 bridgehead atoms. The number of ether oxygens (including phenoxy) is 1. The Balaban J connectivity index is 1.96. The summed E-state index contributed by atoms with van der Waals surface area (Å²) in [6.45, 7) is -0.478. The Kier molecular flexibility index (Phi) is 5.41. The normalized spacial score (nSPS) is 10.2. The summed E-state index contributed by atoms with van der Waals surface area (Å²) in [7, 11) is 1.45. The van der Waals surface area contributed by atoms with Gasteiger partial charge in [-0.1, -0.05) is 6.07 Å². The smallest absolute Gasteiger partial charge is 0.251 e. The molecule has 8 heteroatoms. The standard InChI is InChI=1S/C16H13F3N2O3/c1-24-10-4-2-3-9(7-10)16(23)20-8-13(22)21-12-6-5-11(17)14(18)15(12)19/h2-7H,8H2,1H3,(H,20,23)(H,21,22). The number of carbonyl (C=O) groups excluding carboxylic acids is 2. The lowest BCUT2D eigenvalue weighted by molar-refractivity contribution is -0.115. The van der Waals surface area contributed by atoms with Gasteiger partial charge in [0.25, 0.3) is 5.91 Å². The third kappa shape index (κ3) is 4.03. The second-order valence-electron chi connectivity index (χ2n) is 4.69. The molecule has 24 heavy (non-hydrogen) atoms. The molecule has 2 aromatic rings. The highest BCUT2D eigenvalue weighted by molar-refractivity contribution is 5.99. The quantitative estimate of drug-likeness (QED) is 0.823. The van der Waals surface area contributed by atoms with E-state index in [0.717, 1.165) is 6.07 Å². The molecule has 0 saturated carbocycles. The topological polar surface area (TPSA) is 67.4 Å². The van der Waals surface area contributed by atoms with E-state index in [-0.39, 0.29) is 5.56 Å². The zero-order chi connectivity index (χ0) is 17.7. The van der Waals surface area contributed by atoms with Crippen molar-refractivity contribution in [3.8, 4) is 5.75 Å². The molecule has 0 radical (unpaired) electrons. The van der Waals surface area contributed by atoms with Gasteiger partial charge in [-0.05, 0) is 30.3 Å². The molecule has 0 spiro atoms.